The van der Waals surface area contributed by atoms with Crippen LogP contribution < -0.4 is 0 Å². The fourth-order valence-corrected chi connectivity index (χ4v) is 13.5. The Morgan fingerprint density at radius 2 is 0.821 bits per heavy atom. The number of carbonyl (C=O) groups excluding carboxylic acids is 2. The lowest BCUT2D eigenvalue weighted by molar-refractivity contribution is -0.942. The minimum atomic E-state index is -4.27. The van der Waals surface area contributed by atoms with Gasteiger partial charge in [0.25, 0.3) is 0 Å². The summed E-state index contributed by atoms with van der Waals surface area (Å²) >= 11 is 0. The molecule has 6 aliphatic heterocycles. The minimum absolute atomic E-state index is 0. The highest BCUT2D eigenvalue weighted by molar-refractivity contribution is 7.48. The van der Waals surface area contributed by atoms with Crippen LogP contribution in [0.4, 0.5) is 0 Å². The molecule has 0 saturated carbocycles. The summed E-state index contributed by atoms with van der Waals surface area (Å²) < 4.78 is 59.4. The van der Waals surface area contributed by atoms with Gasteiger partial charge in [0.05, 0.1) is 65.0 Å². The number of nitrogens with zero attached hydrogens (tertiary/aromatic N) is 3. The Labute approximate surface area is 481 Å². The number of hydrogen-bond donors (Lipinski definition) is 2. The van der Waals surface area contributed by atoms with E-state index in [1.54, 1.807) is 0 Å². The van der Waals surface area contributed by atoms with Crippen LogP contribution in [-0.4, -0.2) is 122 Å². The molecule has 0 amide bonds. The van der Waals surface area contributed by atoms with Crippen molar-refractivity contribution in [3.63, 3.8) is 0 Å². The maximum Gasteiger partial charge on any atom is 0.475 e. The number of fused-ring (bicyclic) bond motifs is 6. The summed E-state index contributed by atoms with van der Waals surface area (Å²) in [4.78, 5) is 43.0. The van der Waals surface area contributed by atoms with Crippen LogP contribution >= 0.6 is 28.1 Å². The monoisotopic (exact) mass is 1170 g/mol. The molecule has 2 atom stereocenters. The lowest BCUT2D eigenvalue weighted by Gasteiger charge is -2.49. The smallest absolute Gasteiger partial charge is 0.462 e. The van der Waals surface area contributed by atoms with E-state index < -0.39 is 27.7 Å². The van der Waals surface area contributed by atoms with Gasteiger partial charge in [-0.1, -0.05) is 194 Å². The lowest BCUT2D eigenvalue weighted by atomic mass is 9.86. The fourth-order valence-electron chi connectivity index (χ4n) is 12.0. The Hall–Kier alpha value is -1.14. The largest absolute Gasteiger partial charge is 0.475 e. The van der Waals surface area contributed by atoms with Crippen molar-refractivity contribution < 1.29 is 65.0 Å². The first-order valence-electron chi connectivity index (χ1n) is 32.0. The van der Waals surface area contributed by atoms with Crippen LogP contribution in [0.2, 0.25) is 0 Å². The maximum atomic E-state index is 13.8. The van der Waals surface area contributed by atoms with E-state index in [2.05, 4.69) is 18.4 Å². The van der Waals surface area contributed by atoms with Crippen LogP contribution in [0.5, 0.6) is 0 Å². The molecule has 458 valence electrons. The summed E-state index contributed by atoms with van der Waals surface area (Å²) in [6, 6.07) is 2.01. The van der Waals surface area contributed by atoms with Crippen LogP contribution in [0.25, 0.3) is 0 Å². The van der Waals surface area contributed by atoms with Crippen molar-refractivity contribution in [2.75, 3.05) is 85.4 Å². The Bertz CT molecular complexity index is 1610. The third kappa shape index (κ3) is 36.4. The number of unbranched alkanes of at least 4 members (excludes halogenated alkanes) is 28. The van der Waals surface area contributed by atoms with Gasteiger partial charge in [-0.05, 0) is 63.2 Å². The van der Waals surface area contributed by atoms with E-state index in [9.17, 15) is 18.7 Å². The second-order valence-corrected chi connectivity index (χ2v) is 26.7. The summed E-state index contributed by atoms with van der Waals surface area (Å²) in [5.74, 6) is 1.01. The standard InChI is InChI=1S/C51H96N2O8P.C9H18NO4P.ClH/c1-3-5-7-9-11-13-15-17-19-21-23-25-27-29-31-34-50(54)57-46-49(61-51(55)35-32-30-28-26-24-22-20-18-16-14-12-10-8-6-4-2)47-60-62(56,58-44-33-39-52)59-45-43-53-40-36-48(37-41-53)38-42-53;11-15(12,13)14-8-7-10-4-1-9(2-5-10)3-6-10;/h48-49H,3-38,40-47H2,1-2H3;9H,1-8H2,(H-,11,12,13);1H/q+1;;/p+1. The predicted molar refractivity (Wildman–Crippen MR) is 315 cm³/mol. The van der Waals surface area contributed by atoms with Crippen LogP contribution in [0.3, 0.4) is 0 Å². The Balaban J connectivity index is 0.00000110. The van der Waals surface area contributed by atoms with Gasteiger partial charge in [-0.3, -0.25) is 27.7 Å². The highest BCUT2D eigenvalue weighted by atomic mass is 35.5. The minimum Gasteiger partial charge on any atom is -0.462 e. The van der Waals surface area contributed by atoms with Gasteiger partial charge < -0.3 is 28.2 Å². The molecule has 6 rings (SSSR count). The molecule has 6 saturated heterocycles. The van der Waals surface area contributed by atoms with Crippen LogP contribution in [-0.2, 0) is 46.3 Å². The topological polar surface area (TPSA) is 188 Å². The molecule has 6 fully saturated rings. The summed E-state index contributed by atoms with van der Waals surface area (Å²) in [6.45, 7) is 12.6. The predicted octanol–water partition coefficient (Wildman–Crippen LogP) is 15.8. The van der Waals surface area contributed by atoms with Crippen molar-refractivity contribution in [1.29, 1.82) is 5.26 Å². The van der Waals surface area contributed by atoms with E-state index in [1.807, 2.05) is 6.07 Å². The first-order valence-corrected chi connectivity index (χ1v) is 35.0. The number of quaternary nitrogens is 2. The van der Waals surface area contributed by atoms with Crippen molar-refractivity contribution in [1.82, 2.24) is 0 Å². The molecule has 4 bridgehead atoms. The van der Waals surface area contributed by atoms with E-state index in [0.29, 0.717) is 6.42 Å². The summed E-state index contributed by atoms with van der Waals surface area (Å²) in [6.07, 6.45) is 44.7. The molecule has 2 unspecified atom stereocenters. The maximum absolute atomic E-state index is 13.8. The summed E-state index contributed by atoms with van der Waals surface area (Å²) in [5.41, 5.74) is 0. The summed E-state index contributed by atoms with van der Waals surface area (Å²) in [7, 11) is -8.35. The lowest BCUT2D eigenvalue weighted by Crippen LogP contribution is -2.59. The average Bonchev–Trinajstić information content (AvgIpc) is 3.44. The van der Waals surface area contributed by atoms with Crippen molar-refractivity contribution in [3.8, 4) is 6.07 Å². The third-order valence-electron chi connectivity index (χ3n) is 17.3. The summed E-state index contributed by atoms with van der Waals surface area (Å²) in [5, 5.41) is 9.10. The first-order chi connectivity index (χ1) is 37.3. The Kier molecular flexibility index (Phi) is 42.4. The molecule has 18 heteroatoms. The van der Waals surface area contributed by atoms with Gasteiger partial charge in [-0.25, -0.2) is 9.13 Å². The third-order valence-corrected chi connectivity index (χ3v) is 19.3. The van der Waals surface area contributed by atoms with E-state index in [0.717, 1.165) is 112 Å². The number of esters is 2. The molecule has 0 aromatic carbocycles. The zero-order valence-electron chi connectivity index (χ0n) is 49.6. The number of ether oxygens (including phenoxy) is 2. The van der Waals surface area contributed by atoms with Crippen molar-refractivity contribution >= 4 is 40.0 Å². The second-order valence-electron chi connectivity index (χ2n) is 23.8. The molecule has 15 nitrogen and oxygen atoms in total. The van der Waals surface area contributed by atoms with E-state index >= 15 is 0 Å². The normalized spacial score (nSPS) is 21.7. The van der Waals surface area contributed by atoms with Gasteiger partial charge in [0, 0.05) is 12.8 Å². The quantitative estimate of drug-likeness (QED) is 0.0254. The van der Waals surface area contributed by atoms with Gasteiger partial charge in [0.2, 0.25) is 0 Å². The van der Waals surface area contributed by atoms with Crippen molar-refractivity contribution in [2.45, 2.75) is 270 Å². The van der Waals surface area contributed by atoms with E-state index in [-0.39, 0.29) is 64.3 Å². The molecule has 0 radical (unpaired) electrons. The average molecular weight is 1170 g/mol. The Morgan fingerprint density at radius 3 is 1.18 bits per heavy atom. The highest BCUT2D eigenvalue weighted by Gasteiger charge is 2.41. The van der Waals surface area contributed by atoms with Crippen LogP contribution in [0, 0.1) is 23.2 Å². The number of piperidine rings is 6. The molecule has 0 spiro atoms. The second kappa shape index (κ2) is 45.3. The number of hydrogen-bond acceptors (Lipinski definition) is 11. The zero-order valence-corrected chi connectivity index (χ0v) is 52.2. The van der Waals surface area contributed by atoms with Crippen molar-refractivity contribution in [2.24, 2.45) is 11.8 Å². The molecular weight excluding hydrogens is 1050 g/mol. The van der Waals surface area contributed by atoms with Crippen LogP contribution in [0.1, 0.15) is 264 Å². The van der Waals surface area contributed by atoms with Gasteiger partial charge in [0.15, 0.2) is 6.10 Å². The highest BCUT2D eigenvalue weighted by Crippen LogP contribution is 2.50. The van der Waals surface area contributed by atoms with Gasteiger partial charge in [-0.2, -0.15) is 5.26 Å². The molecular formula is C60H116ClN3O12P2+2. The Morgan fingerprint density at radius 1 is 0.487 bits per heavy atom. The number of nitriles is 1. The fraction of sp³-hybridized carbons (Fsp3) is 0.950. The molecule has 0 aromatic heterocycles. The zero-order chi connectivity index (χ0) is 55.6. The number of phosphoric acid groups is 2. The van der Waals surface area contributed by atoms with Gasteiger partial charge in [0.1, 0.15) is 32.9 Å². The SMILES string of the molecule is CCCCCCCCCCCCCCCCCC(=O)OCC(COP(=O)(OCCC#N)OCC[N+]12CCC(CC1)CC2)OC(=O)CCCCCCCCCCCCCCCCC.Cl.O=P(O)(O)OCC[N+]12CCC(CC1)CC2. The number of halogens is 1. The van der Waals surface area contributed by atoms with E-state index in [4.69, 9.17) is 38.1 Å². The number of carbonyl (C=O) groups is 2. The van der Waals surface area contributed by atoms with Gasteiger partial charge in [-0.15, -0.1) is 12.4 Å². The molecule has 0 aliphatic carbocycles. The van der Waals surface area contributed by atoms with Crippen LogP contribution in [0.15, 0.2) is 0 Å². The molecule has 78 heavy (non-hydrogen) atoms. The molecule has 6 heterocycles. The first kappa shape index (κ1) is 73.0. The molecule has 6 aliphatic rings. The van der Waals surface area contributed by atoms with Crippen molar-refractivity contribution in [3.05, 3.63) is 0 Å². The van der Waals surface area contributed by atoms with E-state index in [1.165, 1.54) is 193 Å². The number of phosphoric ester groups is 2. The van der Waals surface area contributed by atoms with Gasteiger partial charge >= 0.3 is 27.6 Å². The number of rotatable bonds is 49. The molecule has 2 N–H and O–H groups in total. The molecule has 0 aromatic rings.